The first kappa shape index (κ1) is 21.6. The Kier molecular flexibility index (Phi) is 9.55. The molecule has 0 saturated carbocycles. The largest absolute Gasteiger partial charge is 0.355 e. The van der Waals surface area contributed by atoms with Gasteiger partial charge in [0.05, 0.1) is 5.69 Å². The fourth-order valence-electron chi connectivity index (χ4n) is 3.30. The zero-order valence-corrected chi connectivity index (χ0v) is 18.4. The summed E-state index contributed by atoms with van der Waals surface area (Å²) in [6.07, 6.45) is 5.87. The number of hydrogen-bond acceptors (Lipinski definition) is 3. The van der Waals surface area contributed by atoms with Crippen LogP contribution in [0.5, 0.6) is 0 Å². The fourth-order valence-corrected chi connectivity index (χ4v) is 3.30. The van der Waals surface area contributed by atoms with Crippen LogP contribution in [0.3, 0.4) is 0 Å². The highest BCUT2D eigenvalue weighted by Gasteiger charge is 2.09. The lowest BCUT2D eigenvalue weighted by atomic mass is 10.1. The van der Waals surface area contributed by atoms with Crippen LogP contribution in [0.2, 0.25) is 0 Å². The minimum absolute atomic E-state index is 0. The van der Waals surface area contributed by atoms with Crippen molar-refractivity contribution < 1.29 is 0 Å². The Balaban J connectivity index is 0.00000261. The van der Waals surface area contributed by atoms with Gasteiger partial charge in [-0.3, -0.25) is 9.98 Å². The van der Waals surface area contributed by atoms with Gasteiger partial charge in [-0.1, -0.05) is 30.7 Å². The summed E-state index contributed by atoms with van der Waals surface area (Å²) in [5, 5.41) is 6.82. The number of piperidine rings is 1. The average molecular weight is 479 g/mol. The molecule has 1 aromatic carbocycles. The predicted octanol–water partition coefficient (Wildman–Crippen LogP) is 3.52. The fraction of sp³-hybridized carbons (Fsp3) is 0.429. The van der Waals surface area contributed by atoms with E-state index in [1.165, 1.54) is 37.9 Å². The number of aliphatic imine (C=N–C) groups is 1. The molecule has 2 heterocycles. The highest BCUT2D eigenvalue weighted by Crippen LogP contribution is 2.17. The molecule has 1 aromatic heterocycles. The van der Waals surface area contributed by atoms with Crippen molar-refractivity contribution in [2.75, 3.05) is 33.2 Å². The molecule has 2 aromatic rings. The van der Waals surface area contributed by atoms with Gasteiger partial charge in [0.1, 0.15) is 0 Å². The molecular formula is C21H30IN5. The molecule has 0 radical (unpaired) electrons. The van der Waals surface area contributed by atoms with Crippen LogP contribution in [0.25, 0.3) is 11.3 Å². The number of benzene rings is 1. The van der Waals surface area contributed by atoms with Gasteiger partial charge in [-0.05, 0) is 49.7 Å². The Labute approximate surface area is 179 Å². The van der Waals surface area contributed by atoms with Crippen LogP contribution >= 0.6 is 24.0 Å². The molecule has 0 unspecified atom stereocenters. The highest BCUT2D eigenvalue weighted by atomic mass is 127. The molecule has 0 aliphatic carbocycles. The molecular weight excluding hydrogens is 449 g/mol. The Bertz CT molecular complexity index is 699. The summed E-state index contributed by atoms with van der Waals surface area (Å²) in [5.41, 5.74) is 3.35. The van der Waals surface area contributed by atoms with Crippen LogP contribution in [-0.4, -0.2) is 49.1 Å². The second-order valence-corrected chi connectivity index (χ2v) is 6.67. The van der Waals surface area contributed by atoms with E-state index in [0.717, 1.165) is 36.9 Å². The molecule has 3 rings (SSSR count). The number of hydrogen-bond donors (Lipinski definition) is 2. The van der Waals surface area contributed by atoms with Crippen LogP contribution in [-0.2, 0) is 6.54 Å². The van der Waals surface area contributed by atoms with Crippen molar-refractivity contribution in [3.8, 4) is 11.3 Å². The molecule has 1 aliphatic rings. The third-order valence-corrected chi connectivity index (χ3v) is 4.74. The minimum atomic E-state index is 0. The lowest BCUT2D eigenvalue weighted by molar-refractivity contribution is 0.232. The number of aromatic nitrogens is 1. The second kappa shape index (κ2) is 11.9. The monoisotopic (exact) mass is 479 g/mol. The van der Waals surface area contributed by atoms with E-state index in [1.54, 1.807) is 0 Å². The first-order valence-electron chi connectivity index (χ1n) is 9.52. The number of rotatable bonds is 6. The molecule has 146 valence electrons. The van der Waals surface area contributed by atoms with Crippen LogP contribution in [0.15, 0.2) is 53.7 Å². The molecule has 27 heavy (non-hydrogen) atoms. The first-order valence-corrected chi connectivity index (χ1v) is 9.52. The standard InChI is InChI=1S/C21H29N5.HI/c1-22-21(24-12-15-26-13-5-2-6-14-26)25-17-18-8-7-9-19(16-18)20-10-3-4-11-23-20;/h3-4,7-11,16H,2,5-6,12-15,17H2,1H3,(H2,22,24,25);1H. The van der Waals surface area contributed by atoms with Crippen molar-refractivity contribution in [3.05, 3.63) is 54.2 Å². The van der Waals surface area contributed by atoms with Crippen molar-refractivity contribution in [1.29, 1.82) is 0 Å². The van der Waals surface area contributed by atoms with E-state index in [9.17, 15) is 0 Å². The number of likely N-dealkylation sites (tertiary alicyclic amines) is 1. The van der Waals surface area contributed by atoms with E-state index in [2.05, 4.69) is 49.8 Å². The lowest BCUT2D eigenvalue weighted by Crippen LogP contribution is -2.42. The Hall–Kier alpha value is -1.67. The average Bonchev–Trinajstić information content (AvgIpc) is 2.72. The SMILES string of the molecule is CN=C(NCCN1CCCCC1)NCc1cccc(-c2ccccn2)c1.I. The van der Waals surface area contributed by atoms with E-state index in [1.807, 2.05) is 31.4 Å². The van der Waals surface area contributed by atoms with Crippen LogP contribution in [0.1, 0.15) is 24.8 Å². The summed E-state index contributed by atoms with van der Waals surface area (Å²) in [6.45, 7) is 5.20. The molecule has 0 spiro atoms. The van der Waals surface area contributed by atoms with Gasteiger partial charge in [-0.15, -0.1) is 24.0 Å². The van der Waals surface area contributed by atoms with Gasteiger partial charge in [-0.25, -0.2) is 0 Å². The van der Waals surface area contributed by atoms with Gasteiger partial charge < -0.3 is 15.5 Å². The molecule has 0 amide bonds. The van der Waals surface area contributed by atoms with Crippen molar-refractivity contribution in [2.45, 2.75) is 25.8 Å². The van der Waals surface area contributed by atoms with Gasteiger partial charge in [0.25, 0.3) is 0 Å². The van der Waals surface area contributed by atoms with Crippen molar-refractivity contribution in [3.63, 3.8) is 0 Å². The smallest absolute Gasteiger partial charge is 0.191 e. The van der Waals surface area contributed by atoms with E-state index < -0.39 is 0 Å². The minimum Gasteiger partial charge on any atom is -0.355 e. The van der Waals surface area contributed by atoms with Gasteiger partial charge in [0.2, 0.25) is 0 Å². The number of guanidine groups is 1. The molecule has 1 fully saturated rings. The quantitative estimate of drug-likeness (QED) is 0.378. The maximum Gasteiger partial charge on any atom is 0.191 e. The number of halogens is 1. The van der Waals surface area contributed by atoms with Gasteiger partial charge in [0.15, 0.2) is 5.96 Å². The van der Waals surface area contributed by atoms with E-state index in [-0.39, 0.29) is 24.0 Å². The molecule has 0 atom stereocenters. The molecule has 1 aliphatic heterocycles. The van der Waals surface area contributed by atoms with Crippen molar-refractivity contribution >= 4 is 29.9 Å². The number of pyridine rings is 1. The normalized spacial score (nSPS) is 15.1. The summed E-state index contributed by atoms with van der Waals surface area (Å²) >= 11 is 0. The Morgan fingerprint density at radius 1 is 1.07 bits per heavy atom. The number of nitrogens with one attached hydrogen (secondary N) is 2. The third-order valence-electron chi connectivity index (χ3n) is 4.74. The zero-order valence-electron chi connectivity index (χ0n) is 16.0. The summed E-state index contributed by atoms with van der Waals surface area (Å²) in [7, 11) is 1.82. The van der Waals surface area contributed by atoms with Crippen LogP contribution in [0, 0.1) is 0 Å². The van der Waals surface area contributed by atoms with Crippen LogP contribution in [0.4, 0.5) is 0 Å². The maximum absolute atomic E-state index is 4.43. The van der Waals surface area contributed by atoms with Gasteiger partial charge >= 0.3 is 0 Å². The molecule has 2 N–H and O–H groups in total. The summed E-state index contributed by atoms with van der Waals surface area (Å²) < 4.78 is 0. The van der Waals surface area contributed by atoms with Gasteiger partial charge in [-0.2, -0.15) is 0 Å². The molecule has 5 nitrogen and oxygen atoms in total. The highest BCUT2D eigenvalue weighted by molar-refractivity contribution is 14.0. The predicted molar refractivity (Wildman–Crippen MR) is 124 cm³/mol. The lowest BCUT2D eigenvalue weighted by Gasteiger charge is -2.26. The zero-order chi connectivity index (χ0) is 18.0. The molecule has 6 heteroatoms. The van der Waals surface area contributed by atoms with E-state index in [0.29, 0.717) is 0 Å². The van der Waals surface area contributed by atoms with Gasteiger partial charge in [0, 0.05) is 38.4 Å². The maximum atomic E-state index is 4.43. The summed E-state index contributed by atoms with van der Waals surface area (Å²) in [5.74, 6) is 0.852. The van der Waals surface area contributed by atoms with Crippen molar-refractivity contribution in [1.82, 2.24) is 20.5 Å². The van der Waals surface area contributed by atoms with Crippen LogP contribution < -0.4 is 10.6 Å². The Morgan fingerprint density at radius 3 is 2.67 bits per heavy atom. The molecule has 1 saturated heterocycles. The summed E-state index contributed by atoms with van der Waals surface area (Å²) in [6, 6.07) is 14.5. The van der Waals surface area contributed by atoms with E-state index in [4.69, 9.17) is 0 Å². The third kappa shape index (κ3) is 7.10. The Morgan fingerprint density at radius 2 is 1.93 bits per heavy atom. The summed E-state index contributed by atoms with van der Waals surface area (Å²) in [4.78, 5) is 11.3. The number of nitrogens with zero attached hydrogens (tertiary/aromatic N) is 3. The topological polar surface area (TPSA) is 52.6 Å². The molecule has 0 bridgehead atoms. The van der Waals surface area contributed by atoms with E-state index >= 15 is 0 Å². The van der Waals surface area contributed by atoms with Crippen molar-refractivity contribution in [2.24, 2.45) is 4.99 Å². The second-order valence-electron chi connectivity index (χ2n) is 6.67. The first-order chi connectivity index (χ1) is 12.8.